The van der Waals surface area contributed by atoms with Crippen LogP contribution in [-0.4, -0.2) is 37.8 Å². The molecule has 2 saturated carbocycles. The summed E-state index contributed by atoms with van der Waals surface area (Å²) in [5.74, 6) is 2.19. The van der Waals surface area contributed by atoms with Crippen molar-refractivity contribution >= 4 is 5.96 Å². The molecule has 1 saturated heterocycles. The highest BCUT2D eigenvalue weighted by molar-refractivity contribution is 5.81. The third-order valence-corrected chi connectivity index (χ3v) is 5.96. The Kier molecular flexibility index (Phi) is 3.60. The van der Waals surface area contributed by atoms with Crippen LogP contribution < -0.4 is 10.6 Å². The van der Waals surface area contributed by atoms with Crippen LogP contribution in [0.15, 0.2) is 35.3 Å². The van der Waals surface area contributed by atoms with Crippen molar-refractivity contribution in [3.05, 3.63) is 35.9 Å². The Hall–Kier alpha value is -1.55. The van der Waals surface area contributed by atoms with Crippen molar-refractivity contribution in [1.29, 1.82) is 0 Å². The van der Waals surface area contributed by atoms with Crippen molar-refractivity contribution in [2.45, 2.75) is 50.8 Å². The van der Waals surface area contributed by atoms with Crippen molar-refractivity contribution in [3.63, 3.8) is 0 Å². The van der Waals surface area contributed by atoms with E-state index in [0.29, 0.717) is 30.0 Å². The summed E-state index contributed by atoms with van der Waals surface area (Å²) in [6.45, 7) is 5.50. The van der Waals surface area contributed by atoms with Crippen LogP contribution in [0.1, 0.15) is 38.2 Å². The average molecular weight is 313 g/mol. The van der Waals surface area contributed by atoms with Crippen molar-refractivity contribution in [2.24, 2.45) is 16.3 Å². The van der Waals surface area contributed by atoms with Gasteiger partial charge in [0.05, 0.1) is 6.10 Å². The lowest BCUT2D eigenvalue weighted by atomic mass is 9.57. The predicted molar refractivity (Wildman–Crippen MR) is 92.6 cm³/mol. The molecule has 124 valence electrons. The van der Waals surface area contributed by atoms with Crippen LogP contribution in [0.4, 0.5) is 0 Å². The predicted octanol–water partition coefficient (Wildman–Crippen LogP) is 2.52. The summed E-state index contributed by atoms with van der Waals surface area (Å²) in [7, 11) is 1.86. The summed E-state index contributed by atoms with van der Waals surface area (Å²) in [6.07, 6.45) is 2.77. The number of nitrogens with zero attached hydrogens (tertiary/aromatic N) is 1. The van der Waals surface area contributed by atoms with Gasteiger partial charge in [-0.15, -0.1) is 0 Å². The zero-order valence-electron chi connectivity index (χ0n) is 14.3. The first-order valence-corrected chi connectivity index (χ1v) is 8.77. The molecule has 0 amide bonds. The van der Waals surface area contributed by atoms with Gasteiger partial charge in [-0.3, -0.25) is 4.99 Å². The molecule has 4 heteroatoms. The fourth-order valence-electron chi connectivity index (χ4n) is 4.53. The number of guanidine groups is 1. The zero-order valence-corrected chi connectivity index (χ0v) is 14.3. The molecule has 0 spiro atoms. The molecule has 0 aromatic heterocycles. The van der Waals surface area contributed by atoms with E-state index in [4.69, 9.17) is 4.74 Å². The van der Waals surface area contributed by atoms with E-state index in [-0.39, 0.29) is 5.41 Å². The Morgan fingerprint density at radius 2 is 2.00 bits per heavy atom. The fraction of sp³-hybridized carbons (Fsp3) is 0.632. The minimum absolute atomic E-state index is 0.182. The lowest BCUT2D eigenvalue weighted by molar-refractivity contribution is -0.106. The Morgan fingerprint density at radius 3 is 2.74 bits per heavy atom. The van der Waals surface area contributed by atoms with E-state index in [9.17, 15) is 0 Å². The van der Waals surface area contributed by atoms with Gasteiger partial charge < -0.3 is 15.4 Å². The van der Waals surface area contributed by atoms with Crippen molar-refractivity contribution in [3.8, 4) is 0 Å². The van der Waals surface area contributed by atoms with Crippen LogP contribution in [0.2, 0.25) is 0 Å². The molecule has 0 bridgehead atoms. The van der Waals surface area contributed by atoms with E-state index in [1.165, 1.54) is 18.4 Å². The second-order valence-electron chi connectivity index (χ2n) is 7.76. The average Bonchev–Trinajstić information content (AvgIpc) is 3.18. The van der Waals surface area contributed by atoms with Gasteiger partial charge in [0, 0.05) is 43.0 Å². The fourth-order valence-corrected chi connectivity index (χ4v) is 4.53. The molecule has 0 radical (unpaired) electrons. The molecule has 1 aromatic rings. The molecule has 4 nitrogen and oxygen atoms in total. The molecule has 23 heavy (non-hydrogen) atoms. The molecule has 4 rings (SSSR count). The summed E-state index contributed by atoms with van der Waals surface area (Å²) in [6, 6.07) is 11.7. The molecule has 2 aliphatic carbocycles. The zero-order chi connectivity index (χ0) is 16.0. The Labute approximate surface area is 138 Å². The van der Waals surface area contributed by atoms with Crippen LogP contribution >= 0.6 is 0 Å². The van der Waals surface area contributed by atoms with Gasteiger partial charge in [0.2, 0.25) is 0 Å². The number of aliphatic imine (C=N–C) groups is 1. The van der Waals surface area contributed by atoms with Gasteiger partial charge in [0.25, 0.3) is 0 Å². The molecule has 5 atom stereocenters. The van der Waals surface area contributed by atoms with Gasteiger partial charge in [-0.05, 0) is 18.4 Å². The van der Waals surface area contributed by atoms with E-state index in [0.717, 1.165) is 12.6 Å². The van der Waals surface area contributed by atoms with Crippen LogP contribution in [0.3, 0.4) is 0 Å². The quantitative estimate of drug-likeness (QED) is 0.666. The minimum Gasteiger partial charge on any atom is -0.377 e. The van der Waals surface area contributed by atoms with E-state index in [1.54, 1.807) is 0 Å². The normalized spacial score (nSPS) is 37.7. The first-order chi connectivity index (χ1) is 11.1. The monoisotopic (exact) mass is 313 g/mol. The summed E-state index contributed by atoms with van der Waals surface area (Å²) in [5.41, 5.74) is 1.61. The Bertz CT molecular complexity index is 598. The van der Waals surface area contributed by atoms with Crippen molar-refractivity contribution in [1.82, 2.24) is 10.6 Å². The van der Waals surface area contributed by atoms with Crippen molar-refractivity contribution < 1.29 is 4.74 Å². The molecule has 1 heterocycles. The second kappa shape index (κ2) is 5.52. The molecule has 5 unspecified atom stereocenters. The number of hydrogen-bond acceptors (Lipinski definition) is 2. The summed E-state index contributed by atoms with van der Waals surface area (Å²) >= 11 is 0. The smallest absolute Gasteiger partial charge is 0.191 e. The van der Waals surface area contributed by atoms with Gasteiger partial charge in [-0.1, -0.05) is 44.2 Å². The number of ether oxygens (including phenoxy) is 1. The number of hydrogen-bond donors (Lipinski definition) is 2. The number of benzene rings is 1. The van der Waals surface area contributed by atoms with Gasteiger partial charge in [0.1, 0.15) is 0 Å². The summed E-state index contributed by atoms with van der Waals surface area (Å²) in [4.78, 5) is 4.45. The van der Waals surface area contributed by atoms with Crippen LogP contribution in [0.5, 0.6) is 0 Å². The van der Waals surface area contributed by atoms with Crippen LogP contribution in [-0.2, 0) is 4.74 Å². The lowest BCUT2D eigenvalue weighted by Gasteiger charge is -2.54. The highest BCUT2D eigenvalue weighted by Crippen LogP contribution is 2.52. The maximum atomic E-state index is 5.88. The largest absolute Gasteiger partial charge is 0.377 e. The molecule has 2 N–H and O–H groups in total. The molecule has 3 aliphatic rings. The van der Waals surface area contributed by atoms with E-state index in [1.807, 2.05) is 7.05 Å². The number of rotatable bonds is 3. The van der Waals surface area contributed by atoms with Crippen LogP contribution in [0, 0.1) is 11.3 Å². The maximum absolute atomic E-state index is 5.88. The standard InChI is InChI=1S/C19H27N3O/c1-19(2)16(13-9-10-23-17(13)19)22-18(20-3)21-15-11-14(15)12-7-5-4-6-8-12/h4-8,13-17H,9-11H2,1-3H3,(H2,20,21,22). The van der Waals surface area contributed by atoms with E-state index < -0.39 is 0 Å². The summed E-state index contributed by atoms with van der Waals surface area (Å²) in [5, 5.41) is 7.27. The number of fused-ring (bicyclic) bond motifs is 1. The molecular weight excluding hydrogens is 286 g/mol. The highest BCUT2D eigenvalue weighted by atomic mass is 16.5. The minimum atomic E-state index is 0.182. The topological polar surface area (TPSA) is 45.7 Å². The first-order valence-electron chi connectivity index (χ1n) is 8.77. The lowest BCUT2D eigenvalue weighted by Crippen LogP contribution is -2.68. The molecule has 3 fully saturated rings. The molecule has 1 aliphatic heterocycles. The van der Waals surface area contributed by atoms with Gasteiger partial charge in [-0.2, -0.15) is 0 Å². The van der Waals surface area contributed by atoms with Crippen LogP contribution in [0.25, 0.3) is 0 Å². The van der Waals surface area contributed by atoms with Gasteiger partial charge in [0.15, 0.2) is 5.96 Å². The van der Waals surface area contributed by atoms with E-state index >= 15 is 0 Å². The van der Waals surface area contributed by atoms with Gasteiger partial charge >= 0.3 is 0 Å². The SMILES string of the molecule is CN=C(NC1CC1c1ccccc1)NC1C2CCOC2C1(C)C. The van der Waals surface area contributed by atoms with Gasteiger partial charge in [-0.25, -0.2) is 0 Å². The molecule has 1 aromatic carbocycles. The Balaban J connectivity index is 1.36. The first kappa shape index (κ1) is 15.0. The molecular formula is C19H27N3O. The summed E-state index contributed by atoms with van der Waals surface area (Å²) < 4.78 is 5.88. The van der Waals surface area contributed by atoms with Crippen molar-refractivity contribution in [2.75, 3.05) is 13.7 Å². The van der Waals surface area contributed by atoms with E-state index in [2.05, 4.69) is 59.8 Å². The third-order valence-electron chi connectivity index (χ3n) is 5.96. The number of nitrogens with one attached hydrogen (secondary N) is 2. The highest BCUT2D eigenvalue weighted by Gasteiger charge is 2.59. The Morgan fingerprint density at radius 1 is 1.22 bits per heavy atom. The maximum Gasteiger partial charge on any atom is 0.191 e. The third kappa shape index (κ3) is 2.53. The second-order valence-corrected chi connectivity index (χ2v) is 7.76.